The molecule has 0 atom stereocenters. The molecule has 0 amide bonds. The smallest absolute Gasteiger partial charge is 0.203 e. The molecule has 0 aliphatic carbocycles. The van der Waals surface area contributed by atoms with Crippen molar-refractivity contribution in [1.29, 1.82) is 0 Å². The molecule has 0 saturated carbocycles. The van der Waals surface area contributed by atoms with E-state index in [1.54, 1.807) is 0 Å². The van der Waals surface area contributed by atoms with Gasteiger partial charge in [-0.3, -0.25) is 0 Å². The average molecular weight is 177 g/mol. The lowest BCUT2D eigenvalue weighted by atomic mass is 10.9. The number of nitrogen functional groups attached to an aromatic ring is 1. The molecular formula is C4H7N3OS2. The molecule has 0 radical (unpaired) electrons. The summed E-state index contributed by atoms with van der Waals surface area (Å²) in [5, 5.41) is 16.3. The minimum Gasteiger partial charge on any atom is -0.396 e. The topological polar surface area (TPSA) is 72.0 Å². The third-order valence-electron chi connectivity index (χ3n) is 0.739. The summed E-state index contributed by atoms with van der Waals surface area (Å²) in [6.45, 7) is 0.157. The molecule has 0 aromatic carbocycles. The molecule has 0 fully saturated rings. The van der Waals surface area contributed by atoms with E-state index in [0.717, 1.165) is 4.34 Å². The van der Waals surface area contributed by atoms with E-state index in [9.17, 15) is 0 Å². The van der Waals surface area contributed by atoms with E-state index < -0.39 is 0 Å². The van der Waals surface area contributed by atoms with Gasteiger partial charge in [-0.2, -0.15) is 0 Å². The normalized spacial score (nSPS) is 10.1. The number of anilines is 1. The summed E-state index contributed by atoms with van der Waals surface area (Å²) in [6, 6.07) is 0. The zero-order valence-corrected chi connectivity index (χ0v) is 6.78. The van der Waals surface area contributed by atoms with Crippen LogP contribution < -0.4 is 5.73 Å². The number of aliphatic hydroxyl groups excluding tert-OH is 1. The van der Waals surface area contributed by atoms with Gasteiger partial charge in [0.2, 0.25) is 5.13 Å². The van der Waals surface area contributed by atoms with Crippen LogP contribution in [0.4, 0.5) is 5.13 Å². The predicted molar refractivity (Wildman–Crippen MR) is 42.1 cm³/mol. The lowest BCUT2D eigenvalue weighted by Crippen LogP contribution is -1.84. The summed E-state index contributed by atoms with van der Waals surface area (Å²) in [6.07, 6.45) is 0. The Balaban J connectivity index is 2.42. The molecule has 0 aliphatic heterocycles. The highest BCUT2D eigenvalue weighted by Gasteiger charge is 1.99. The molecule has 0 aliphatic rings. The molecule has 1 aromatic heterocycles. The second-order valence-electron chi connectivity index (χ2n) is 1.48. The first-order valence-corrected chi connectivity index (χ1v) is 4.46. The van der Waals surface area contributed by atoms with Crippen LogP contribution in [0.2, 0.25) is 0 Å². The van der Waals surface area contributed by atoms with Gasteiger partial charge in [-0.15, -0.1) is 10.2 Å². The van der Waals surface area contributed by atoms with Crippen molar-refractivity contribution in [3.8, 4) is 0 Å². The van der Waals surface area contributed by atoms with Crippen molar-refractivity contribution >= 4 is 28.2 Å². The van der Waals surface area contributed by atoms with Crippen LogP contribution in [0.1, 0.15) is 0 Å². The number of hydrogen-bond acceptors (Lipinski definition) is 6. The Morgan fingerprint density at radius 2 is 2.40 bits per heavy atom. The van der Waals surface area contributed by atoms with Crippen molar-refractivity contribution in [2.45, 2.75) is 4.34 Å². The summed E-state index contributed by atoms with van der Waals surface area (Å²) in [5.74, 6) is 0.647. The fourth-order valence-electron chi connectivity index (χ4n) is 0.412. The first kappa shape index (κ1) is 7.77. The van der Waals surface area contributed by atoms with Gasteiger partial charge in [0.15, 0.2) is 4.34 Å². The third-order valence-corrected chi connectivity index (χ3v) is 2.60. The number of thioether (sulfide) groups is 1. The summed E-state index contributed by atoms with van der Waals surface area (Å²) in [4.78, 5) is 0. The van der Waals surface area contributed by atoms with Crippen LogP contribution in [-0.4, -0.2) is 27.7 Å². The van der Waals surface area contributed by atoms with Gasteiger partial charge in [-0.1, -0.05) is 23.1 Å². The molecular weight excluding hydrogens is 170 g/mol. The molecule has 0 bridgehead atoms. The quantitative estimate of drug-likeness (QED) is 0.645. The van der Waals surface area contributed by atoms with Crippen LogP contribution in [0.5, 0.6) is 0 Å². The Kier molecular flexibility index (Phi) is 2.91. The standard InChI is InChI=1S/C4H7N3OS2/c5-3-6-7-4(10-3)9-2-1-8/h8H,1-2H2,(H2,5,6). The Morgan fingerprint density at radius 3 is 2.90 bits per heavy atom. The maximum atomic E-state index is 8.44. The van der Waals surface area contributed by atoms with Gasteiger partial charge in [0.05, 0.1) is 6.61 Å². The molecule has 6 heteroatoms. The number of nitrogens with two attached hydrogens (primary N) is 1. The molecule has 3 N–H and O–H groups in total. The minimum absolute atomic E-state index is 0.157. The van der Waals surface area contributed by atoms with Crippen molar-refractivity contribution < 1.29 is 5.11 Å². The van der Waals surface area contributed by atoms with Crippen LogP contribution in [0, 0.1) is 0 Å². The van der Waals surface area contributed by atoms with Crippen molar-refractivity contribution in [3.05, 3.63) is 0 Å². The van der Waals surface area contributed by atoms with E-state index in [1.165, 1.54) is 23.1 Å². The number of aromatic nitrogens is 2. The van der Waals surface area contributed by atoms with Crippen LogP contribution in [0.15, 0.2) is 4.34 Å². The van der Waals surface area contributed by atoms with Crippen molar-refractivity contribution in [1.82, 2.24) is 10.2 Å². The van der Waals surface area contributed by atoms with Gasteiger partial charge in [0.25, 0.3) is 0 Å². The van der Waals surface area contributed by atoms with Crippen molar-refractivity contribution in [2.75, 3.05) is 18.1 Å². The highest BCUT2D eigenvalue weighted by Crippen LogP contribution is 2.22. The van der Waals surface area contributed by atoms with Crippen LogP contribution in [0.3, 0.4) is 0 Å². The molecule has 1 rings (SSSR count). The van der Waals surface area contributed by atoms with E-state index in [4.69, 9.17) is 10.8 Å². The van der Waals surface area contributed by atoms with Crippen molar-refractivity contribution in [3.63, 3.8) is 0 Å². The van der Waals surface area contributed by atoms with Gasteiger partial charge >= 0.3 is 0 Å². The van der Waals surface area contributed by atoms with Crippen LogP contribution in [-0.2, 0) is 0 Å². The Labute approximate surface area is 66.5 Å². The van der Waals surface area contributed by atoms with E-state index >= 15 is 0 Å². The molecule has 0 spiro atoms. The zero-order valence-electron chi connectivity index (χ0n) is 5.15. The van der Waals surface area contributed by atoms with Gasteiger partial charge < -0.3 is 10.8 Å². The molecule has 10 heavy (non-hydrogen) atoms. The predicted octanol–water partition coefficient (Wildman–Crippen LogP) is 0.205. The lowest BCUT2D eigenvalue weighted by Gasteiger charge is -1.87. The number of rotatable bonds is 3. The van der Waals surface area contributed by atoms with Gasteiger partial charge in [-0.25, -0.2) is 0 Å². The maximum Gasteiger partial charge on any atom is 0.203 e. The zero-order chi connectivity index (χ0) is 7.40. The highest BCUT2D eigenvalue weighted by atomic mass is 32.2. The monoisotopic (exact) mass is 177 g/mol. The maximum absolute atomic E-state index is 8.44. The Bertz CT molecular complexity index is 202. The number of aliphatic hydroxyl groups is 1. The molecule has 1 aromatic rings. The average Bonchev–Trinajstić information content (AvgIpc) is 2.31. The van der Waals surface area contributed by atoms with Gasteiger partial charge in [-0.05, 0) is 0 Å². The summed E-state index contributed by atoms with van der Waals surface area (Å²) >= 11 is 2.79. The third kappa shape index (κ3) is 2.13. The first-order chi connectivity index (χ1) is 4.83. The first-order valence-electron chi connectivity index (χ1n) is 2.65. The van der Waals surface area contributed by atoms with Gasteiger partial charge in [0.1, 0.15) is 0 Å². The minimum atomic E-state index is 0.157. The second kappa shape index (κ2) is 3.75. The van der Waals surface area contributed by atoms with Crippen molar-refractivity contribution in [2.24, 2.45) is 0 Å². The number of nitrogens with zero attached hydrogens (tertiary/aromatic N) is 2. The Hall–Kier alpha value is -0.330. The van der Waals surface area contributed by atoms with E-state index in [2.05, 4.69) is 10.2 Å². The molecule has 56 valence electrons. The lowest BCUT2D eigenvalue weighted by molar-refractivity contribution is 0.322. The molecule has 4 nitrogen and oxygen atoms in total. The molecule has 0 unspecified atom stereocenters. The van der Waals surface area contributed by atoms with E-state index in [0.29, 0.717) is 10.9 Å². The SMILES string of the molecule is Nc1nnc(SCCO)s1. The summed E-state index contributed by atoms with van der Waals surface area (Å²) in [5.41, 5.74) is 5.32. The van der Waals surface area contributed by atoms with E-state index in [-0.39, 0.29) is 6.61 Å². The second-order valence-corrected chi connectivity index (χ2v) is 3.83. The Morgan fingerprint density at radius 1 is 1.60 bits per heavy atom. The fourth-order valence-corrected chi connectivity index (χ4v) is 1.86. The molecule has 1 heterocycles. The summed E-state index contributed by atoms with van der Waals surface area (Å²) < 4.78 is 0.812. The van der Waals surface area contributed by atoms with Crippen LogP contribution in [0.25, 0.3) is 0 Å². The molecule has 0 saturated heterocycles. The summed E-state index contributed by atoms with van der Waals surface area (Å²) in [7, 11) is 0. The van der Waals surface area contributed by atoms with Gasteiger partial charge in [0, 0.05) is 5.75 Å². The largest absolute Gasteiger partial charge is 0.396 e. The highest BCUT2D eigenvalue weighted by molar-refractivity contribution is 8.01. The van der Waals surface area contributed by atoms with Crippen LogP contribution >= 0.6 is 23.1 Å². The van der Waals surface area contributed by atoms with E-state index in [1.807, 2.05) is 0 Å². The number of hydrogen-bond donors (Lipinski definition) is 2. The fraction of sp³-hybridized carbons (Fsp3) is 0.500.